The van der Waals surface area contributed by atoms with Gasteiger partial charge >= 0.3 is 6.18 Å². The average molecular weight is 418 g/mol. The number of amides is 1. The number of rotatable bonds is 4. The highest BCUT2D eigenvalue weighted by atomic mass is 32.2. The highest BCUT2D eigenvalue weighted by Crippen LogP contribution is 2.49. The molecular weight excluding hydrogens is 400 g/mol. The van der Waals surface area contributed by atoms with E-state index in [1.807, 2.05) is 0 Å². The van der Waals surface area contributed by atoms with E-state index in [2.05, 4.69) is 5.32 Å². The molecule has 1 fully saturated rings. The van der Waals surface area contributed by atoms with Crippen LogP contribution in [0.15, 0.2) is 52.3 Å². The smallest absolute Gasteiger partial charge is 0.326 e. The molecule has 1 N–H and O–H groups in total. The van der Waals surface area contributed by atoms with Gasteiger partial charge in [0.15, 0.2) is 0 Å². The van der Waals surface area contributed by atoms with Crippen LogP contribution in [0.5, 0.6) is 0 Å². The summed E-state index contributed by atoms with van der Waals surface area (Å²) in [7, 11) is -4.40. The molecule has 1 aromatic carbocycles. The van der Waals surface area contributed by atoms with E-state index in [1.54, 1.807) is 6.92 Å². The van der Waals surface area contributed by atoms with Crippen LogP contribution >= 0.6 is 0 Å². The average Bonchev–Trinajstić information content (AvgIpc) is 3.33. The lowest BCUT2D eigenvalue weighted by atomic mass is 10.0. The molecule has 5 nitrogen and oxygen atoms in total. The van der Waals surface area contributed by atoms with Crippen molar-refractivity contribution in [1.29, 1.82) is 0 Å². The van der Waals surface area contributed by atoms with Crippen LogP contribution in [0.4, 0.5) is 17.6 Å². The van der Waals surface area contributed by atoms with Crippen LogP contribution in [0.1, 0.15) is 37.0 Å². The minimum Gasteiger partial charge on any atom is -0.326 e. The fourth-order valence-electron chi connectivity index (χ4n) is 2.92. The van der Waals surface area contributed by atoms with Gasteiger partial charge in [0.05, 0.1) is 4.90 Å². The zero-order valence-electron chi connectivity index (χ0n) is 15.1. The normalized spacial score (nSPS) is 25.4. The maximum atomic E-state index is 13.4. The molecule has 1 amide bonds. The van der Waals surface area contributed by atoms with Crippen LogP contribution in [0, 0.1) is 0 Å². The molecule has 0 bridgehead atoms. The van der Waals surface area contributed by atoms with E-state index < -0.39 is 39.1 Å². The summed E-state index contributed by atoms with van der Waals surface area (Å²) < 4.78 is 77.9. The first-order chi connectivity index (χ1) is 12.9. The molecule has 1 heterocycles. The third kappa shape index (κ3) is 3.58. The molecule has 28 heavy (non-hydrogen) atoms. The van der Waals surface area contributed by atoms with Gasteiger partial charge < -0.3 is 5.32 Å². The fourth-order valence-corrected chi connectivity index (χ4v) is 4.76. The Bertz CT molecular complexity index is 998. The maximum Gasteiger partial charge on any atom is 0.408 e. The topological polar surface area (TPSA) is 66.2 Å². The summed E-state index contributed by atoms with van der Waals surface area (Å²) in [5.74, 6) is -0.889. The summed E-state index contributed by atoms with van der Waals surface area (Å²) in [6, 6.07) is 4.82. The molecule has 1 aliphatic carbocycles. The van der Waals surface area contributed by atoms with Crippen molar-refractivity contribution in [2.75, 3.05) is 6.54 Å². The van der Waals surface area contributed by atoms with Crippen molar-refractivity contribution >= 4 is 15.9 Å². The number of hydrogen-bond acceptors (Lipinski definition) is 3. The number of sulfonamides is 1. The van der Waals surface area contributed by atoms with Crippen LogP contribution in [-0.2, 0) is 10.0 Å². The van der Waals surface area contributed by atoms with E-state index in [9.17, 15) is 30.8 Å². The minimum absolute atomic E-state index is 0.0229. The fraction of sp³-hybridized carbons (Fsp3) is 0.389. The Morgan fingerprint density at radius 1 is 1.25 bits per heavy atom. The summed E-state index contributed by atoms with van der Waals surface area (Å²) in [5, 5.41) is 2.58. The lowest BCUT2D eigenvalue weighted by molar-refractivity contribution is -0.160. The Morgan fingerprint density at radius 2 is 1.93 bits per heavy atom. The SMILES string of the molecule is CC1=C(F)CCC(NC(=O)c2cccc(S(=O)(=O)N3CC3(C)C(F)(F)F)c2)=C1. The van der Waals surface area contributed by atoms with Gasteiger partial charge in [-0.1, -0.05) is 6.07 Å². The molecule has 152 valence electrons. The summed E-state index contributed by atoms with van der Waals surface area (Å²) in [5.41, 5.74) is -1.59. The van der Waals surface area contributed by atoms with Gasteiger partial charge in [-0.3, -0.25) is 4.79 Å². The van der Waals surface area contributed by atoms with Crippen molar-refractivity contribution in [3.63, 3.8) is 0 Å². The van der Waals surface area contributed by atoms with Crippen LogP contribution in [-0.4, -0.2) is 36.9 Å². The number of carbonyl (C=O) groups excluding carboxylic acids is 1. The molecule has 2 atom stereocenters. The number of nitrogens with one attached hydrogen (secondary N) is 1. The first-order valence-electron chi connectivity index (χ1n) is 8.43. The molecule has 10 heteroatoms. The standard InChI is InChI=1S/C18H18F4N2O3S/c1-11-8-13(6-7-15(11)19)23-16(25)12-4-3-5-14(9-12)28(26,27)24-10-17(24,2)18(20,21)22/h3-5,8-9H,6-7,10H2,1-2H3,(H,23,25). The van der Waals surface area contributed by atoms with Crippen molar-refractivity contribution in [2.24, 2.45) is 0 Å². The number of halogens is 4. The molecule has 1 aliphatic heterocycles. The number of nitrogens with zero attached hydrogens (tertiary/aromatic N) is 1. The zero-order chi connectivity index (χ0) is 20.9. The third-order valence-electron chi connectivity index (χ3n) is 4.90. The first kappa shape index (κ1) is 20.5. The number of carbonyl (C=O) groups is 1. The van der Waals surface area contributed by atoms with Gasteiger partial charge in [-0.15, -0.1) is 0 Å². The second-order valence-electron chi connectivity index (χ2n) is 7.02. The Labute approximate surface area is 159 Å². The third-order valence-corrected chi connectivity index (χ3v) is 6.86. The molecule has 0 spiro atoms. The highest BCUT2D eigenvalue weighted by Gasteiger charge is 2.70. The number of hydrogen-bond donors (Lipinski definition) is 1. The molecule has 2 aliphatic rings. The van der Waals surface area contributed by atoms with Gasteiger partial charge in [0, 0.05) is 24.2 Å². The van der Waals surface area contributed by atoms with E-state index >= 15 is 0 Å². The molecule has 1 saturated heterocycles. The van der Waals surface area contributed by atoms with Gasteiger partial charge in [-0.25, -0.2) is 12.8 Å². The molecule has 2 unspecified atom stereocenters. The monoisotopic (exact) mass is 418 g/mol. The lowest BCUT2D eigenvalue weighted by Gasteiger charge is -2.17. The summed E-state index contributed by atoms with van der Waals surface area (Å²) in [6.45, 7) is 1.71. The number of allylic oxidation sites excluding steroid dienone is 4. The molecule has 1 aromatic rings. The lowest BCUT2D eigenvalue weighted by Crippen LogP contribution is -2.35. The zero-order valence-corrected chi connectivity index (χ0v) is 15.9. The Balaban J connectivity index is 1.81. The molecule has 0 aromatic heterocycles. The Kier molecular flexibility index (Phi) is 4.91. The first-order valence-corrected chi connectivity index (χ1v) is 9.87. The minimum atomic E-state index is -4.69. The van der Waals surface area contributed by atoms with Crippen molar-refractivity contribution in [3.8, 4) is 0 Å². The van der Waals surface area contributed by atoms with E-state index in [0.717, 1.165) is 19.1 Å². The van der Waals surface area contributed by atoms with Crippen molar-refractivity contribution in [2.45, 2.75) is 43.3 Å². The number of alkyl halides is 3. The van der Waals surface area contributed by atoms with Crippen LogP contribution in [0.2, 0.25) is 0 Å². The Morgan fingerprint density at radius 3 is 2.50 bits per heavy atom. The molecule has 3 rings (SSSR count). The second kappa shape index (κ2) is 6.70. The van der Waals surface area contributed by atoms with E-state index in [4.69, 9.17) is 0 Å². The predicted molar refractivity (Wildman–Crippen MR) is 93.4 cm³/mol. The van der Waals surface area contributed by atoms with Gasteiger partial charge in [-0.2, -0.15) is 17.5 Å². The quantitative estimate of drug-likeness (QED) is 0.600. The number of benzene rings is 1. The molecular formula is C18H18F4N2O3S. The van der Waals surface area contributed by atoms with Gasteiger partial charge in [0.1, 0.15) is 11.4 Å². The van der Waals surface area contributed by atoms with Crippen LogP contribution < -0.4 is 5.32 Å². The van der Waals surface area contributed by atoms with Crippen molar-refractivity contribution in [1.82, 2.24) is 9.62 Å². The van der Waals surface area contributed by atoms with Gasteiger partial charge in [-0.05, 0) is 50.1 Å². The predicted octanol–water partition coefficient (Wildman–Crippen LogP) is 3.66. The summed E-state index contributed by atoms with van der Waals surface area (Å²) >= 11 is 0. The van der Waals surface area contributed by atoms with E-state index in [0.29, 0.717) is 15.6 Å². The van der Waals surface area contributed by atoms with E-state index in [1.165, 1.54) is 18.2 Å². The van der Waals surface area contributed by atoms with Crippen LogP contribution in [0.25, 0.3) is 0 Å². The summed E-state index contributed by atoms with van der Waals surface area (Å²) in [6.07, 6.45) is -2.77. The largest absolute Gasteiger partial charge is 0.408 e. The van der Waals surface area contributed by atoms with Crippen LogP contribution in [0.3, 0.4) is 0 Å². The Hall–Kier alpha value is -2.20. The van der Waals surface area contributed by atoms with Crippen molar-refractivity contribution in [3.05, 3.63) is 53.0 Å². The maximum absolute atomic E-state index is 13.4. The highest BCUT2D eigenvalue weighted by molar-refractivity contribution is 7.89. The molecule has 0 radical (unpaired) electrons. The van der Waals surface area contributed by atoms with Gasteiger partial charge in [0.25, 0.3) is 5.91 Å². The van der Waals surface area contributed by atoms with Crippen molar-refractivity contribution < 1.29 is 30.8 Å². The van der Waals surface area contributed by atoms with E-state index in [-0.39, 0.29) is 24.2 Å². The second-order valence-corrected chi connectivity index (χ2v) is 8.89. The molecule has 0 saturated carbocycles. The summed E-state index contributed by atoms with van der Waals surface area (Å²) in [4.78, 5) is 12.0. The van der Waals surface area contributed by atoms with Gasteiger partial charge in [0.2, 0.25) is 10.0 Å².